The first kappa shape index (κ1) is 32.8. The Bertz CT molecular complexity index is 1780. The molecule has 0 atom stereocenters. The smallest absolute Gasteiger partial charge is 0.256 e. The van der Waals surface area contributed by atoms with Crippen molar-refractivity contribution < 1.29 is 35.9 Å². The number of methoxy groups -OCH3 is 2. The van der Waals surface area contributed by atoms with E-state index in [9.17, 15) is 26.4 Å². The Labute approximate surface area is 262 Å². The number of benzene rings is 4. The van der Waals surface area contributed by atoms with Crippen LogP contribution in [0.15, 0.2) is 105 Å². The lowest BCUT2D eigenvalue weighted by Gasteiger charge is -2.16. The largest absolute Gasteiger partial charge is 0.496 e. The molecule has 0 aromatic heterocycles. The predicted octanol–water partition coefficient (Wildman–Crippen LogP) is 4.30. The zero-order valence-electron chi connectivity index (χ0n) is 23.1. The van der Waals surface area contributed by atoms with Crippen LogP contribution in [0.4, 0.5) is 11.4 Å². The summed E-state index contributed by atoms with van der Waals surface area (Å²) in [4.78, 5) is 27.3. The van der Waals surface area contributed by atoms with E-state index < -0.39 is 31.9 Å². The Hall–Kier alpha value is -4.06. The average molecular weight is 675 g/mol. The fourth-order valence-electron chi connectivity index (χ4n) is 3.82. The van der Waals surface area contributed by atoms with Crippen LogP contribution >= 0.6 is 21.6 Å². The molecule has 0 fully saturated rings. The van der Waals surface area contributed by atoms with E-state index in [-0.39, 0.29) is 20.9 Å². The van der Waals surface area contributed by atoms with E-state index in [1.54, 1.807) is 36.4 Å². The number of primary sulfonamides is 2. The Morgan fingerprint density at radius 1 is 0.591 bits per heavy atom. The van der Waals surface area contributed by atoms with Crippen LogP contribution in [0.2, 0.25) is 0 Å². The van der Waals surface area contributed by atoms with Crippen LogP contribution in [-0.2, 0) is 20.0 Å². The lowest BCUT2D eigenvalue weighted by atomic mass is 10.2. The standard InChI is InChI=1S/C28H26N4O8S4/c1-39-23-7-3-5-21(27(33)31-17-9-13-19(14-10-17)43(29,35)36)25(23)41-42-26-22(6-4-8-24(26)40-2)28(34)32-18-11-15-20(16-12-18)44(30,37)38/h3-16H,1-2H3,(H,31,33)(H,32,34)(H2,29,35,36)(H2,30,37,38). The molecule has 4 rings (SSSR count). The monoisotopic (exact) mass is 674 g/mol. The van der Waals surface area contributed by atoms with E-state index >= 15 is 0 Å². The molecule has 0 aliphatic carbocycles. The Balaban J connectivity index is 1.60. The molecule has 0 radical (unpaired) electrons. The van der Waals surface area contributed by atoms with Gasteiger partial charge in [0.25, 0.3) is 11.8 Å². The first-order chi connectivity index (χ1) is 20.8. The van der Waals surface area contributed by atoms with Crippen molar-refractivity contribution in [1.82, 2.24) is 0 Å². The van der Waals surface area contributed by atoms with Crippen molar-refractivity contribution in [3.63, 3.8) is 0 Å². The van der Waals surface area contributed by atoms with Crippen LogP contribution in [0.5, 0.6) is 11.5 Å². The van der Waals surface area contributed by atoms with Gasteiger partial charge in [0.1, 0.15) is 11.5 Å². The fourth-order valence-corrected chi connectivity index (χ4v) is 7.52. The first-order valence-electron chi connectivity index (χ1n) is 12.4. The highest BCUT2D eigenvalue weighted by Crippen LogP contribution is 2.48. The Morgan fingerprint density at radius 3 is 1.23 bits per heavy atom. The molecule has 0 heterocycles. The number of sulfonamides is 2. The minimum atomic E-state index is -3.89. The molecule has 0 spiro atoms. The summed E-state index contributed by atoms with van der Waals surface area (Å²) in [6.07, 6.45) is 0. The number of ether oxygens (including phenoxy) is 2. The summed E-state index contributed by atoms with van der Waals surface area (Å²) in [6, 6.07) is 20.7. The SMILES string of the molecule is COc1cccc(C(=O)Nc2ccc(S(N)(=O)=O)cc2)c1SSc1c(OC)cccc1C(=O)Nc1ccc(S(N)(=O)=O)cc1. The number of amides is 2. The maximum absolute atomic E-state index is 13.3. The summed E-state index contributed by atoms with van der Waals surface area (Å²) in [6.45, 7) is 0. The summed E-state index contributed by atoms with van der Waals surface area (Å²) >= 11 is 0. The van der Waals surface area contributed by atoms with E-state index in [0.717, 1.165) is 21.6 Å². The first-order valence-corrected chi connectivity index (χ1v) is 17.6. The second kappa shape index (κ2) is 13.7. The van der Waals surface area contributed by atoms with Gasteiger partial charge in [-0.3, -0.25) is 9.59 Å². The van der Waals surface area contributed by atoms with Crippen LogP contribution in [0, 0.1) is 0 Å². The third-order valence-corrected chi connectivity index (χ3v) is 10.3. The highest BCUT2D eigenvalue weighted by atomic mass is 33.1. The lowest BCUT2D eigenvalue weighted by Crippen LogP contribution is -2.15. The van der Waals surface area contributed by atoms with Gasteiger partial charge in [0.2, 0.25) is 20.0 Å². The maximum atomic E-state index is 13.3. The van der Waals surface area contributed by atoms with E-state index in [2.05, 4.69) is 10.6 Å². The van der Waals surface area contributed by atoms with E-state index in [0.29, 0.717) is 32.7 Å². The van der Waals surface area contributed by atoms with Crippen molar-refractivity contribution in [3.05, 3.63) is 96.1 Å². The number of hydrogen-bond donors (Lipinski definition) is 4. The number of hydrogen-bond acceptors (Lipinski definition) is 10. The van der Waals surface area contributed by atoms with Gasteiger partial charge in [0.15, 0.2) is 0 Å². The third kappa shape index (κ3) is 7.90. The van der Waals surface area contributed by atoms with Crippen LogP contribution in [-0.4, -0.2) is 42.9 Å². The molecule has 0 aliphatic heterocycles. The summed E-state index contributed by atoms with van der Waals surface area (Å²) < 4.78 is 57.2. The zero-order chi connectivity index (χ0) is 32.1. The van der Waals surface area contributed by atoms with Crippen molar-refractivity contribution in [2.24, 2.45) is 10.3 Å². The van der Waals surface area contributed by atoms with E-state index in [4.69, 9.17) is 19.8 Å². The molecule has 0 saturated heterocycles. The summed E-state index contributed by atoms with van der Waals surface area (Å²) in [5.41, 5.74) is 1.20. The Kier molecular flexibility index (Phi) is 10.2. The molecule has 6 N–H and O–H groups in total. The van der Waals surface area contributed by atoms with Crippen molar-refractivity contribution in [1.29, 1.82) is 0 Å². The fraction of sp³-hybridized carbons (Fsp3) is 0.0714. The van der Waals surface area contributed by atoms with Gasteiger partial charge in [-0.15, -0.1) is 0 Å². The molecule has 12 nitrogen and oxygen atoms in total. The molecular weight excluding hydrogens is 649 g/mol. The number of rotatable bonds is 11. The molecule has 0 saturated carbocycles. The summed E-state index contributed by atoms with van der Waals surface area (Å²) in [5, 5.41) is 15.8. The van der Waals surface area contributed by atoms with Gasteiger partial charge in [-0.05, 0) is 94.4 Å². The lowest BCUT2D eigenvalue weighted by molar-refractivity contribution is 0.101. The van der Waals surface area contributed by atoms with Crippen molar-refractivity contribution >= 4 is 64.8 Å². The van der Waals surface area contributed by atoms with Gasteiger partial charge < -0.3 is 20.1 Å². The van der Waals surface area contributed by atoms with E-state index in [1.165, 1.54) is 62.8 Å². The minimum Gasteiger partial charge on any atom is -0.496 e. The zero-order valence-corrected chi connectivity index (χ0v) is 26.4. The highest BCUT2D eigenvalue weighted by Gasteiger charge is 2.22. The second-order valence-electron chi connectivity index (χ2n) is 8.89. The second-order valence-corrected chi connectivity index (χ2v) is 14.2. The van der Waals surface area contributed by atoms with E-state index in [1.807, 2.05) is 0 Å². The number of anilines is 2. The molecule has 16 heteroatoms. The normalized spacial score (nSPS) is 11.5. The van der Waals surface area contributed by atoms with Gasteiger partial charge in [-0.25, -0.2) is 27.1 Å². The Morgan fingerprint density at radius 2 is 0.932 bits per heavy atom. The molecule has 4 aromatic rings. The molecule has 44 heavy (non-hydrogen) atoms. The third-order valence-electron chi connectivity index (χ3n) is 5.98. The average Bonchev–Trinajstić information content (AvgIpc) is 2.99. The number of nitrogens with one attached hydrogen (secondary N) is 2. The van der Waals surface area contributed by atoms with Crippen molar-refractivity contribution in [2.75, 3.05) is 24.9 Å². The molecule has 230 valence electrons. The molecule has 4 aromatic carbocycles. The number of carbonyl (C=O) groups is 2. The van der Waals surface area contributed by atoms with Gasteiger partial charge >= 0.3 is 0 Å². The van der Waals surface area contributed by atoms with Gasteiger partial charge in [-0.1, -0.05) is 12.1 Å². The predicted molar refractivity (Wildman–Crippen MR) is 169 cm³/mol. The quantitative estimate of drug-likeness (QED) is 0.166. The van der Waals surface area contributed by atoms with Gasteiger partial charge in [0, 0.05) is 11.4 Å². The van der Waals surface area contributed by atoms with Crippen LogP contribution in [0.1, 0.15) is 20.7 Å². The van der Waals surface area contributed by atoms with Crippen LogP contribution in [0.25, 0.3) is 0 Å². The van der Waals surface area contributed by atoms with Gasteiger partial charge in [-0.2, -0.15) is 0 Å². The molecule has 0 bridgehead atoms. The summed E-state index contributed by atoms with van der Waals surface area (Å²) in [5.74, 6) is -0.182. The molecule has 2 amide bonds. The molecule has 0 aliphatic rings. The van der Waals surface area contributed by atoms with Gasteiger partial charge in [0.05, 0.1) is 44.9 Å². The molecule has 0 unspecified atom stereocenters. The van der Waals surface area contributed by atoms with Crippen LogP contribution in [0.3, 0.4) is 0 Å². The minimum absolute atomic E-state index is 0.0957. The number of carbonyl (C=O) groups excluding carboxylic acids is 2. The number of nitrogens with two attached hydrogens (primary N) is 2. The van der Waals surface area contributed by atoms with Crippen LogP contribution < -0.4 is 30.4 Å². The van der Waals surface area contributed by atoms with Crippen molar-refractivity contribution in [2.45, 2.75) is 19.6 Å². The van der Waals surface area contributed by atoms with Crippen molar-refractivity contribution in [3.8, 4) is 11.5 Å². The highest BCUT2D eigenvalue weighted by molar-refractivity contribution is 8.76. The topological polar surface area (TPSA) is 197 Å². The summed E-state index contributed by atoms with van der Waals surface area (Å²) in [7, 11) is -2.54. The molecular formula is C28H26N4O8S4. The maximum Gasteiger partial charge on any atom is 0.256 e.